The van der Waals surface area contributed by atoms with E-state index in [9.17, 15) is 4.79 Å². The summed E-state index contributed by atoms with van der Waals surface area (Å²) in [6.45, 7) is 2.27. The van der Waals surface area contributed by atoms with Crippen molar-refractivity contribution in [1.29, 1.82) is 0 Å². The first-order chi connectivity index (χ1) is 9.77. The van der Waals surface area contributed by atoms with Crippen molar-refractivity contribution in [3.63, 3.8) is 0 Å². The number of hydrogen-bond acceptors (Lipinski definition) is 1. The van der Waals surface area contributed by atoms with Crippen molar-refractivity contribution in [1.82, 2.24) is 0 Å². The van der Waals surface area contributed by atoms with E-state index < -0.39 is 5.97 Å². The number of rotatable bonds is 16. The SMILES string of the molecule is CCCCCCCCCCCCCCCCCC(=O)O.[AlH3].[CaH2].[MgH2].[NaH].[Zn]. The Kier molecular flexibility index (Phi) is 65.4. The number of unbranched alkanes of at least 4 members (excludes halogenated alkanes) is 14. The van der Waals surface area contributed by atoms with Crippen molar-refractivity contribution in [2.24, 2.45) is 0 Å². The molecule has 138 valence electrons. The van der Waals surface area contributed by atoms with E-state index in [1.165, 1.54) is 83.5 Å². The molecule has 7 heteroatoms. The normalized spacial score (nSPS) is 8.68. The summed E-state index contributed by atoms with van der Waals surface area (Å²) in [5, 5.41) is 8.52. The Morgan fingerprint density at radius 3 is 1.16 bits per heavy atom. The molecule has 0 unspecified atom stereocenters. The third-order valence-corrected chi connectivity index (χ3v) is 3.99. The van der Waals surface area contributed by atoms with Gasteiger partial charge in [0.2, 0.25) is 0 Å². The molecule has 0 rings (SSSR count). The van der Waals surface area contributed by atoms with Gasteiger partial charge in [0.25, 0.3) is 0 Å². The van der Waals surface area contributed by atoms with Crippen LogP contribution in [0.4, 0.5) is 0 Å². The molecule has 0 amide bonds. The second-order valence-electron chi connectivity index (χ2n) is 6.09. The molecule has 0 atom stereocenters. The molecule has 0 radical (unpaired) electrons. The van der Waals surface area contributed by atoms with Gasteiger partial charge in [-0.2, -0.15) is 0 Å². The summed E-state index contributed by atoms with van der Waals surface area (Å²) < 4.78 is 0. The average molecular weight is 472 g/mol. The summed E-state index contributed by atoms with van der Waals surface area (Å²) in [6, 6.07) is 0. The van der Waals surface area contributed by atoms with E-state index in [0.717, 1.165) is 12.8 Å². The van der Waals surface area contributed by atoms with Crippen LogP contribution >= 0.6 is 0 Å². The molecular weight excluding hydrogens is 428 g/mol. The molecular formula is C18H44AlCaMgNaO2Zn. The van der Waals surface area contributed by atoms with E-state index in [1.807, 2.05) is 0 Å². The summed E-state index contributed by atoms with van der Waals surface area (Å²) in [4.78, 5) is 10.3. The largest absolute Gasteiger partial charge is 0 e. The molecule has 0 aliphatic heterocycles. The van der Waals surface area contributed by atoms with Crippen molar-refractivity contribution in [3.8, 4) is 0 Å². The van der Waals surface area contributed by atoms with Crippen molar-refractivity contribution in [2.45, 2.75) is 110 Å². The quantitative estimate of drug-likeness (QED) is 0.277. The van der Waals surface area contributed by atoms with Gasteiger partial charge in [0, 0.05) is 25.9 Å². The van der Waals surface area contributed by atoms with E-state index in [2.05, 4.69) is 6.92 Å². The molecule has 0 fully saturated rings. The molecule has 25 heavy (non-hydrogen) atoms. The Bertz CT molecular complexity index is 231. The first kappa shape index (κ1) is 42.7. The van der Waals surface area contributed by atoms with Crippen LogP contribution in [0.5, 0.6) is 0 Å². The van der Waals surface area contributed by atoms with E-state index in [4.69, 9.17) is 5.11 Å². The molecule has 0 saturated heterocycles. The fourth-order valence-corrected chi connectivity index (χ4v) is 2.65. The molecule has 1 N–H and O–H groups in total. The minimum atomic E-state index is -0.653. The van der Waals surface area contributed by atoms with Crippen LogP contribution in [0.3, 0.4) is 0 Å². The topological polar surface area (TPSA) is 37.3 Å². The third kappa shape index (κ3) is 42.7. The zero-order valence-electron chi connectivity index (χ0n) is 14.4. The van der Waals surface area contributed by atoms with Gasteiger partial charge in [0.05, 0.1) is 0 Å². The van der Waals surface area contributed by atoms with Gasteiger partial charge in [-0.3, -0.25) is 4.79 Å². The van der Waals surface area contributed by atoms with Crippen LogP contribution in [0.15, 0.2) is 0 Å². The molecule has 0 aliphatic carbocycles. The number of carbonyl (C=O) groups is 1. The van der Waals surface area contributed by atoms with Crippen molar-refractivity contribution >= 4 is 114 Å². The smallest absolute Gasteiger partial charge is 0 e. The maximum Gasteiger partial charge on any atom is 0 e. The van der Waals surface area contributed by atoms with E-state index in [0.29, 0.717) is 6.42 Å². The van der Waals surface area contributed by atoms with Gasteiger partial charge in [-0.15, -0.1) is 0 Å². The van der Waals surface area contributed by atoms with Crippen LogP contribution in [-0.4, -0.2) is 119 Å². The Hall–Kier alpha value is 3.65. The van der Waals surface area contributed by atoms with Crippen LogP contribution < -0.4 is 0 Å². The fourth-order valence-electron chi connectivity index (χ4n) is 2.65. The van der Waals surface area contributed by atoms with Crippen LogP contribution in [0, 0.1) is 0 Å². The number of carboxylic acid groups (broad SMARTS) is 1. The summed E-state index contributed by atoms with van der Waals surface area (Å²) >= 11 is 0. The number of carboxylic acids is 1. The van der Waals surface area contributed by atoms with Crippen molar-refractivity contribution in [3.05, 3.63) is 0 Å². The molecule has 0 aliphatic rings. The van der Waals surface area contributed by atoms with Crippen LogP contribution in [0.25, 0.3) is 0 Å². The molecule has 0 aromatic rings. The molecule has 0 saturated carbocycles. The van der Waals surface area contributed by atoms with Gasteiger partial charge < -0.3 is 5.11 Å². The van der Waals surface area contributed by atoms with Gasteiger partial charge in [-0.1, -0.05) is 96.8 Å². The molecule has 0 heterocycles. The summed E-state index contributed by atoms with van der Waals surface area (Å²) in [5.41, 5.74) is 0. The maximum absolute atomic E-state index is 10.3. The van der Waals surface area contributed by atoms with E-state index in [-0.39, 0.29) is 127 Å². The third-order valence-electron chi connectivity index (χ3n) is 3.99. The molecule has 0 aromatic heterocycles. The summed E-state index contributed by atoms with van der Waals surface area (Å²) in [6.07, 6.45) is 20.2. The first-order valence-corrected chi connectivity index (χ1v) is 8.99. The molecule has 0 bridgehead atoms. The van der Waals surface area contributed by atoms with Crippen LogP contribution in [0.2, 0.25) is 0 Å². The minimum absolute atomic E-state index is 0. The number of hydrogen-bond donors (Lipinski definition) is 1. The molecule has 0 spiro atoms. The van der Waals surface area contributed by atoms with E-state index in [1.54, 1.807) is 0 Å². The van der Waals surface area contributed by atoms with Crippen LogP contribution in [-0.2, 0) is 24.3 Å². The number of aliphatic carboxylic acids is 1. The zero-order chi connectivity index (χ0) is 14.9. The van der Waals surface area contributed by atoms with Gasteiger partial charge in [0.15, 0.2) is 17.4 Å². The van der Waals surface area contributed by atoms with Gasteiger partial charge >= 0.3 is 96.3 Å². The maximum atomic E-state index is 10.3. The van der Waals surface area contributed by atoms with Gasteiger partial charge in [-0.25, -0.2) is 0 Å². The monoisotopic (exact) mass is 470 g/mol. The Morgan fingerprint density at radius 1 is 0.680 bits per heavy atom. The Morgan fingerprint density at radius 2 is 0.920 bits per heavy atom. The minimum Gasteiger partial charge on any atom is 0 e. The van der Waals surface area contributed by atoms with Gasteiger partial charge in [0.1, 0.15) is 0 Å². The van der Waals surface area contributed by atoms with Crippen molar-refractivity contribution in [2.75, 3.05) is 0 Å². The standard InChI is InChI=1S/C18H36O2.Al.Ca.Mg.Na.Zn.8H/c1-2-3-4-5-6-7-8-9-10-11-12-13-14-15-16-17-18(19)20;;;;;;;;;;;;;/h2-17H2,1H3,(H,19,20);;;;;;;;;;;;;. The average Bonchev–Trinajstić information content (AvgIpc) is 2.43. The Balaban J connectivity index is -0.000000180. The zero-order valence-corrected chi connectivity index (χ0v) is 17.3. The fraction of sp³-hybridized carbons (Fsp3) is 0.944. The summed E-state index contributed by atoms with van der Waals surface area (Å²) in [7, 11) is 0. The second kappa shape index (κ2) is 38.3. The van der Waals surface area contributed by atoms with Gasteiger partial charge in [-0.05, 0) is 6.42 Å². The van der Waals surface area contributed by atoms with Crippen molar-refractivity contribution < 1.29 is 29.4 Å². The van der Waals surface area contributed by atoms with Crippen LogP contribution in [0.1, 0.15) is 110 Å². The Labute approximate surface area is 248 Å². The molecule has 0 aromatic carbocycles. The second-order valence-corrected chi connectivity index (χ2v) is 6.09. The summed E-state index contributed by atoms with van der Waals surface area (Å²) in [5.74, 6) is -0.653. The molecule has 2 nitrogen and oxygen atoms in total. The predicted molar refractivity (Wildman–Crippen MR) is 121 cm³/mol. The predicted octanol–water partition coefficient (Wildman–Crippen LogP) is 2.67. The van der Waals surface area contributed by atoms with E-state index >= 15 is 0 Å². The first-order valence-electron chi connectivity index (χ1n) is 8.99.